The van der Waals surface area contributed by atoms with Gasteiger partial charge in [0.25, 0.3) is 0 Å². The molecular formula is C8H15NO. The van der Waals surface area contributed by atoms with E-state index in [0.717, 1.165) is 18.6 Å². The fourth-order valence-electron chi connectivity index (χ4n) is 1.08. The minimum atomic E-state index is 0.153. The average molecular weight is 141 g/mol. The van der Waals surface area contributed by atoms with Crippen molar-refractivity contribution >= 4 is 5.71 Å². The van der Waals surface area contributed by atoms with Crippen LogP contribution < -0.4 is 0 Å². The molecule has 0 fully saturated rings. The number of ether oxygens (including phenoxy) is 1. The molecule has 1 aliphatic rings. The highest BCUT2D eigenvalue weighted by atomic mass is 16.5. The molecule has 0 aliphatic carbocycles. The zero-order chi connectivity index (χ0) is 7.56. The first-order valence-corrected chi connectivity index (χ1v) is 3.93. The lowest BCUT2D eigenvalue weighted by atomic mass is 10.3. The molecule has 1 aliphatic heterocycles. The Morgan fingerprint density at radius 2 is 2.30 bits per heavy atom. The maximum atomic E-state index is 5.51. The van der Waals surface area contributed by atoms with Gasteiger partial charge in [0.2, 0.25) is 0 Å². The van der Waals surface area contributed by atoms with Crippen molar-refractivity contribution < 1.29 is 4.74 Å². The van der Waals surface area contributed by atoms with Crippen LogP contribution in [0.3, 0.4) is 0 Å². The SMILES string of the molecule is CCCC1N=C(C)C(C)O1. The lowest BCUT2D eigenvalue weighted by molar-refractivity contribution is 0.0539. The first-order valence-electron chi connectivity index (χ1n) is 3.93. The molecule has 2 nitrogen and oxygen atoms in total. The molecule has 0 spiro atoms. The maximum absolute atomic E-state index is 5.51. The van der Waals surface area contributed by atoms with E-state index in [-0.39, 0.29) is 12.3 Å². The number of nitrogens with zero attached hydrogens (tertiary/aromatic N) is 1. The summed E-state index contributed by atoms with van der Waals surface area (Å²) in [6.07, 6.45) is 2.60. The molecule has 10 heavy (non-hydrogen) atoms. The van der Waals surface area contributed by atoms with Gasteiger partial charge in [0.1, 0.15) is 6.23 Å². The van der Waals surface area contributed by atoms with Crippen LogP contribution in [0.2, 0.25) is 0 Å². The summed E-state index contributed by atoms with van der Waals surface area (Å²) >= 11 is 0. The van der Waals surface area contributed by atoms with Crippen LogP contribution in [0.1, 0.15) is 33.6 Å². The maximum Gasteiger partial charge on any atom is 0.149 e. The summed E-state index contributed by atoms with van der Waals surface area (Å²) in [5.74, 6) is 0. The molecule has 0 saturated carbocycles. The predicted octanol–water partition coefficient (Wildman–Crippen LogP) is 1.99. The standard InChI is InChI=1S/C8H15NO/c1-4-5-8-9-6(2)7(3)10-8/h7-8H,4-5H2,1-3H3. The molecule has 1 heterocycles. The van der Waals surface area contributed by atoms with Gasteiger partial charge in [-0.15, -0.1) is 0 Å². The summed E-state index contributed by atoms with van der Waals surface area (Å²) in [6.45, 7) is 6.23. The molecule has 0 aromatic heterocycles. The van der Waals surface area contributed by atoms with E-state index in [4.69, 9.17) is 4.74 Å². The summed E-state index contributed by atoms with van der Waals surface area (Å²) in [4.78, 5) is 4.35. The molecule has 2 unspecified atom stereocenters. The molecule has 2 heteroatoms. The molecule has 0 radical (unpaired) electrons. The largest absolute Gasteiger partial charge is 0.348 e. The monoisotopic (exact) mass is 141 g/mol. The zero-order valence-corrected chi connectivity index (χ0v) is 6.92. The normalized spacial score (nSPS) is 32.5. The van der Waals surface area contributed by atoms with Crippen molar-refractivity contribution in [3.05, 3.63) is 0 Å². The van der Waals surface area contributed by atoms with Gasteiger partial charge in [-0.1, -0.05) is 13.3 Å². The van der Waals surface area contributed by atoms with Crippen molar-refractivity contribution in [2.24, 2.45) is 4.99 Å². The van der Waals surface area contributed by atoms with Crippen LogP contribution in [-0.4, -0.2) is 18.0 Å². The third-order valence-electron chi connectivity index (χ3n) is 1.83. The minimum Gasteiger partial charge on any atom is -0.348 e. The van der Waals surface area contributed by atoms with E-state index in [9.17, 15) is 0 Å². The van der Waals surface area contributed by atoms with E-state index in [2.05, 4.69) is 18.8 Å². The van der Waals surface area contributed by atoms with Gasteiger partial charge in [0, 0.05) is 5.71 Å². The molecule has 0 aromatic rings. The van der Waals surface area contributed by atoms with Crippen molar-refractivity contribution in [3.63, 3.8) is 0 Å². The van der Waals surface area contributed by atoms with E-state index in [1.807, 2.05) is 6.92 Å². The minimum absolute atomic E-state index is 0.153. The van der Waals surface area contributed by atoms with E-state index >= 15 is 0 Å². The van der Waals surface area contributed by atoms with Crippen LogP contribution in [0.25, 0.3) is 0 Å². The highest BCUT2D eigenvalue weighted by Gasteiger charge is 2.20. The highest BCUT2D eigenvalue weighted by molar-refractivity contribution is 5.87. The molecule has 2 atom stereocenters. The molecule has 0 bridgehead atoms. The van der Waals surface area contributed by atoms with Crippen LogP contribution >= 0.6 is 0 Å². The number of hydrogen-bond donors (Lipinski definition) is 0. The predicted molar refractivity (Wildman–Crippen MR) is 42.4 cm³/mol. The van der Waals surface area contributed by atoms with Gasteiger partial charge in [0.15, 0.2) is 0 Å². The number of aliphatic imine (C=N–C) groups is 1. The Morgan fingerprint density at radius 3 is 2.70 bits per heavy atom. The van der Waals surface area contributed by atoms with Gasteiger partial charge in [0.05, 0.1) is 6.10 Å². The first kappa shape index (κ1) is 7.73. The van der Waals surface area contributed by atoms with Crippen molar-refractivity contribution in [1.29, 1.82) is 0 Å². The lowest BCUT2D eigenvalue weighted by Gasteiger charge is -2.06. The van der Waals surface area contributed by atoms with E-state index in [0.29, 0.717) is 0 Å². The Morgan fingerprint density at radius 1 is 1.60 bits per heavy atom. The molecule has 1 rings (SSSR count). The van der Waals surface area contributed by atoms with Gasteiger partial charge in [-0.2, -0.15) is 0 Å². The average Bonchev–Trinajstić information content (AvgIpc) is 2.14. The number of rotatable bonds is 2. The molecule has 0 N–H and O–H groups in total. The van der Waals surface area contributed by atoms with Gasteiger partial charge in [-0.25, -0.2) is 0 Å². The van der Waals surface area contributed by atoms with Crippen molar-refractivity contribution in [1.82, 2.24) is 0 Å². The van der Waals surface area contributed by atoms with Gasteiger partial charge < -0.3 is 4.74 Å². The molecule has 0 aromatic carbocycles. The van der Waals surface area contributed by atoms with Crippen molar-refractivity contribution in [3.8, 4) is 0 Å². The summed E-state index contributed by atoms with van der Waals surface area (Å²) in [5.41, 5.74) is 1.14. The molecule has 58 valence electrons. The smallest absolute Gasteiger partial charge is 0.149 e. The zero-order valence-electron chi connectivity index (χ0n) is 6.92. The Labute approximate surface area is 62.3 Å². The van der Waals surface area contributed by atoms with Gasteiger partial charge in [-0.05, 0) is 20.3 Å². The first-order chi connectivity index (χ1) is 4.74. The molecular weight excluding hydrogens is 126 g/mol. The molecule has 0 amide bonds. The summed E-state index contributed by atoms with van der Waals surface area (Å²) in [7, 11) is 0. The topological polar surface area (TPSA) is 21.6 Å². The second kappa shape index (κ2) is 3.15. The van der Waals surface area contributed by atoms with Crippen LogP contribution in [0.5, 0.6) is 0 Å². The second-order valence-corrected chi connectivity index (χ2v) is 2.79. The Kier molecular flexibility index (Phi) is 2.44. The lowest BCUT2D eigenvalue weighted by Crippen LogP contribution is -2.12. The van der Waals surface area contributed by atoms with Gasteiger partial charge >= 0.3 is 0 Å². The van der Waals surface area contributed by atoms with Gasteiger partial charge in [-0.3, -0.25) is 4.99 Å². The van der Waals surface area contributed by atoms with E-state index in [1.54, 1.807) is 0 Å². The summed E-state index contributed by atoms with van der Waals surface area (Å²) in [5, 5.41) is 0. The Balaban J connectivity index is 2.40. The Hall–Kier alpha value is -0.370. The fourth-order valence-corrected chi connectivity index (χ4v) is 1.08. The van der Waals surface area contributed by atoms with Crippen LogP contribution in [0.15, 0.2) is 4.99 Å². The fraction of sp³-hybridized carbons (Fsp3) is 0.875. The van der Waals surface area contributed by atoms with Crippen molar-refractivity contribution in [2.45, 2.75) is 45.9 Å². The Bertz CT molecular complexity index is 142. The highest BCUT2D eigenvalue weighted by Crippen LogP contribution is 2.15. The van der Waals surface area contributed by atoms with E-state index < -0.39 is 0 Å². The van der Waals surface area contributed by atoms with E-state index in [1.165, 1.54) is 0 Å². The third-order valence-corrected chi connectivity index (χ3v) is 1.83. The third kappa shape index (κ3) is 1.57. The van der Waals surface area contributed by atoms with Crippen LogP contribution in [-0.2, 0) is 4.74 Å². The van der Waals surface area contributed by atoms with Crippen molar-refractivity contribution in [2.75, 3.05) is 0 Å². The molecule has 0 saturated heterocycles. The second-order valence-electron chi connectivity index (χ2n) is 2.79. The van der Waals surface area contributed by atoms with Crippen LogP contribution in [0.4, 0.5) is 0 Å². The quantitative estimate of drug-likeness (QED) is 0.576. The summed E-state index contributed by atoms with van der Waals surface area (Å²) < 4.78 is 5.51. The number of hydrogen-bond acceptors (Lipinski definition) is 2. The van der Waals surface area contributed by atoms with Crippen LogP contribution in [0, 0.1) is 0 Å². The summed E-state index contributed by atoms with van der Waals surface area (Å²) in [6, 6.07) is 0.